The predicted octanol–water partition coefficient (Wildman–Crippen LogP) is 1.81. The lowest BCUT2D eigenvalue weighted by atomic mass is 9.97. The second-order valence-corrected chi connectivity index (χ2v) is 5.50. The summed E-state index contributed by atoms with van der Waals surface area (Å²) < 4.78 is 0. The maximum absolute atomic E-state index is 2.63. The van der Waals surface area contributed by atoms with Crippen molar-refractivity contribution in [1.82, 2.24) is 9.80 Å². The van der Waals surface area contributed by atoms with Crippen molar-refractivity contribution in [2.24, 2.45) is 0 Å². The van der Waals surface area contributed by atoms with Gasteiger partial charge in [-0.15, -0.1) is 0 Å². The SMILES string of the molecule is C[C@H]1CN(C)C[C@H](C)N1C(C)(C)C. The molecule has 0 aromatic heterocycles. The second kappa shape index (κ2) is 3.58. The Morgan fingerprint density at radius 3 is 1.69 bits per heavy atom. The van der Waals surface area contributed by atoms with Crippen LogP contribution in [0.1, 0.15) is 34.6 Å². The molecule has 0 saturated carbocycles. The molecule has 13 heavy (non-hydrogen) atoms. The van der Waals surface area contributed by atoms with E-state index in [1.807, 2.05) is 0 Å². The van der Waals surface area contributed by atoms with Gasteiger partial charge in [0.1, 0.15) is 0 Å². The monoisotopic (exact) mass is 184 g/mol. The van der Waals surface area contributed by atoms with E-state index in [4.69, 9.17) is 0 Å². The van der Waals surface area contributed by atoms with E-state index < -0.39 is 0 Å². The number of nitrogens with zero attached hydrogens (tertiary/aromatic N) is 2. The van der Waals surface area contributed by atoms with Crippen LogP contribution in [0.5, 0.6) is 0 Å². The van der Waals surface area contributed by atoms with E-state index in [0.717, 1.165) is 0 Å². The van der Waals surface area contributed by atoms with Crippen LogP contribution in [0.15, 0.2) is 0 Å². The highest BCUT2D eigenvalue weighted by molar-refractivity contribution is 4.90. The van der Waals surface area contributed by atoms with Gasteiger partial charge in [0.15, 0.2) is 0 Å². The highest BCUT2D eigenvalue weighted by Gasteiger charge is 2.34. The average Bonchev–Trinajstić information content (AvgIpc) is 1.78. The van der Waals surface area contributed by atoms with Crippen molar-refractivity contribution in [1.29, 1.82) is 0 Å². The van der Waals surface area contributed by atoms with Gasteiger partial charge in [0.05, 0.1) is 0 Å². The molecule has 0 aliphatic carbocycles. The Kier molecular flexibility index (Phi) is 3.03. The standard InChI is InChI=1S/C11H24N2/c1-9-7-12(6)8-10(2)13(9)11(3,4)5/h9-10H,7-8H2,1-6H3/t9-,10-/m0/s1. The third kappa shape index (κ3) is 2.44. The van der Waals surface area contributed by atoms with Crippen LogP contribution in [0.3, 0.4) is 0 Å². The van der Waals surface area contributed by atoms with Crippen LogP contribution in [-0.2, 0) is 0 Å². The first-order valence-electron chi connectivity index (χ1n) is 5.29. The van der Waals surface area contributed by atoms with Crippen molar-refractivity contribution in [2.75, 3.05) is 20.1 Å². The Balaban J connectivity index is 2.73. The van der Waals surface area contributed by atoms with Crippen LogP contribution in [0.4, 0.5) is 0 Å². The van der Waals surface area contributed by atoms with Crippen LogP contribution < -0.4 is 0 Å². The van der Waals surface area contributed by atoms with Crippen molar-refractivity contribution in [2.45, 2.75) is 52.2 Å². The molecule has 0 radical (unpaired) electrons. The molecule has 1 aliphatic heterocycles. The molecule has 2 nitrogen and oxygen atoms in total. The van der Waals surface area contributed by atoms with E-state index >= 15 is 0 Å². The molecule has 2 heteroatoms. The van der Waals surface area contributed by atoms with Gasteiger partial charge < -0.3 is 4.90 Å². The van der Waals surface area contributed by atoms with Gasteiger partial charge in [-0.3, -0.25) is 4.90 Å². The molecule has 0 spiro atoms. The Morgan fingerprint density at radius 1 is 1.00 bits per heavy atom. The molecule has 0 aromatic carbocycles. The van der Waals surface area contributed by atoms with E-state index in [9.17, 15) is 0 Å². The molecule has 2 atom stereocenters. The molecule has 1 fully saturated rings. The summed E-state index contributed by atoms with van der Waals surface area (Å²) in [5, 5.41) is 0. The first-order valence-corrected chi connectivity index (χ1v) is 5.29. The molecule has 1 aliphatic rings. The van der Waals surface area contributed by atoms with Gasteiger partial charge in [0, 0.05) is 30.7 Å². The lowest BCUT2D eigenvalue weighted by molar-refractivity contribution is -0.0141. The topological polar surface area (TPSA) is 6.48 Å². The van der Waals surface area contributed by atoms with Crippen LogP contribution >= 0.6 is 0 Å². The van der Waals surface area contributed by atoms with Gasteiger partial charge in [-0.1, -0.05) is 0 Å². The van der Waals surface area contributed by atoms with Gasteiger partial charge in [-0.25, -0.2) is 0 Å². The summed E-state index contributed by atoms with van der Waals surface area (Å²) in [5.41, 5.74) is 0.306. The summed E-state index contributed by atoms with van der Waals surface area (Å²) in [4.78, 5) is 5.06. The quantitative estimate of drug-likeness (QED) is 0.566. The maximum Gasteiger partial charge on any atom is 0.0203 e. The smallest absolute Gasteiger partial charge is 0.0203 e. The Bertz CT molecular complexity index is 159. The second-order valence-electron chi connectivity index (χ2n) is 5.50. The average molecular weight is 184 g/mol. The molecular weight excluding hydrogens is 160 g/mol. The minimum absolute atomic E-state index is 0.306. The third-order valence-electron chi connectivity index (χ3n) is 2.88. The van der Waals surface area contributed by atoms with Gasteiger partial charge in [-0.05, 0) is 41.7 Å². The summed E-state index contributed by atoms with van der Waals surface area (Å²) in [6, 6.07) is 1.35. The van der Waals surface area contributed by atoms with Crippen molar-refractivity contribution in [3.05, 3.63) is 0 Å². The fraction of sp³-hybridized carbons (Fsp3) is 1.00. The summed E-state index contributed by atoms with van der Waals surface area (Å²) in [6.45, 7) is 14.0. The molecule has 0 amide bonds. The zero-order valence-corrected chi connectivity index (χ0v) is 9.96. The zero-order chi connectivity index (χ0) is 10.2. The molecule has 1 rings (SSSR count). The summed E-state index contributed by atoms with van der Waals surface area (Å²) in [6.07, 6.45) is 0. The van der Waals surface area contributed by atoms with Crippen LogP contribution in [0.2, 0.25) is 0 Å². The predicted molar refractivity (Wildman–Crippen MR) is 58.0 cm³/mol. The number of rotatable bonds is 0. The molecular formula is C11H24N2. The molecule has 1 heterocycles. The molecule has 0 aromatic rings. The van der Waals surface area contributed by atoms with Crippen LogP contribution in [0.25, 0.3) is 0 Å². The molecule has 0 bridgehead atoms. The first-order chi connectivity index (χ1) is 5.82. The fourth-order valence-electron chi connectivity index (χ4n) is 2.91. The van der Waals surface area contributed by atoms with E-state index in [-0.39, 0.29) is 0 Å². The summed E-state index contributed by atoms with van der Waals surface area (Å²) in [5.74, 6) is 0. The molecule has 78 valence electrons. The van der Waals surface area contributed by atoms with E-state index in [0.29, 0.717) is 17.6 Å². The minimum Gasteiger partial charge on any atom is -0.303 e. The van der Waals surface area contributed by atoms with Crippen molar-refractivity contribution in [3.63, 3.8) is 0 Å². The van der Waals surface area contributed by atoms with Crippen LogP contribution in [-0.4, -0.2) is 47.6 Å². The number of hydrogen-bond donors (Lipinski definition) is 0. The largest absolute Gasteiger partial charge is 0.303 e. The summed E-state index contributed by atoms with van der Waals surface area (Å²) in [7, 11) is 2.22. The molecule has 1 saturated heterocycles. The minimum atomic E-state index is 0.306. The van der Waals surface area contributed by atoms with Gasteiger partial charge >= 0.3 is 0 Å². The third-order valence-corrected chi connectivity index (χ3v) is 2.88. The molecule has 0 N–H and O–H groups in total. The first kappa shape index (κ1) is 11.0. The van der Waals surface area contributed by atoms with Gasteiger partial charge in [0.25, 0.3) is 0 Å². The Morgan fingerprint density at radius 2 is 1.38 bits per heavy atom. The van der Waals surface area contributed by atoms with Crippen LogP contribution in [0, 0.1) is 0 Å². The lowest BCUT2D eigenvalue weighted by Gasteiger charge is -2.50. The number of likely N-dealkylation sites (N-methyl/N-ethyl adjacent to an activating group) is 1. The van der Waals surface area contributed by atoms with Crippen molar-refractivity contribution in [3.8, 4) is 0 Å². The van der Waals surface area contributed by atoms with E-state index in [1.54, 1.807) is 0 Å². The Hall–Kier alpha value is -0.0800. The fourth-order valence-corrected chi connectivity index (χ4v) is 2.91. The van der Waals surface area contributed by atoms with E-state index in [1.165, 1.54) is 13.1 Å². The Labute approximate surface area is 82.9 Å². The number of piperazine rings is 1. The molecule has 0 unspecified atom stereocenters. The zero-order valence-electron chi connectivity index (χ0n) is 9.96. The summed E-state index contributed by atoms with van der Waals surface area (Å²) >= 11 is 0. The van der Waals surface area contributed by atoms with Gasteiger partial charge in [0.2, 0.25) is 0 Å². The maximum atomic E-state index is 2.63. The lowest BCUT2D eigenvalue weighted by Crippen LogP contribution is -2.61. The van der Waals surface area contributed by atoms with Crippen molar-refractivity contribution < 1.29 is 0 Å². The van der Waals surface area contributed by atoms with E-state index in [2.05, 4.69) is 51.5 Å². The highest BCUT2D eigenvalue weighted by atomic mass is 15.3. The van der Waals surface area contributed by atoms with Gasteiger partial charge in [-0.2, -0.15) is 0 Å². The number of hydrogen-bond acceptors (Lipinski definition) is 2. The highest BCUT2D eigenvalue weighted by Crippen LogP contribution is 2.24. The van der Waals surface area contributed by atoms with Crippen molar-refractivity contribution >= 4 is 0 Å². The normalized spacial score (nSPS) is 33.7.